The second-order valence-electron chi connectivity index (χ2n) is 5.16. The number of H-pyrrole nitrogens is 1. The minimum Gasteiger partial charge on any atom is -0.466 e. The fourth-order valence-electron chi connectivity index (χ4n) is 2.73. The van der Waals surface area contributed by atoms with Crippen molar-refractivity contribution in [2.45, 2.75) is 36.0 Å². The van der Waals surface area contributed by atoms with Crippen LogP contribution in [0.3, 0.4) is 0 Å². The van der Waals surface area contributed by atoms with Crippen LogP contribution in [0.25, 0.3) is 0 Å². The molecule has 2 heterocycles. The van der Waals surface area contributed by atoms with Crippen molar-refractivity contribution in [1.29, 1.82) is 0 Å². The van der Waals surface area contributed by atoms with Crippen LogP contribution in [0.2, 0.25) is 0 Å². The standard InChI is InChI=1S/C16H17NO3S2/c1-2-20-13(18)9-11-8-12(10-6-4-3-5-7-10)14-15(21-11)17-16(19)22-14/h3-7,11-12H,2,8-9H2,1H3,(H,17,19)/t11-,12+/m1/s1. The number of hydrogen-bond acceptors (Lipinski definition) is 5. The predicted molar refractivity (Wildman–Crippen MR) is 88.7 cm³/mol. The first kappa shape index (κ1) is 15.4. The zero-order valence-electron chi connectivity index (χ0n) is 12.2. The van der Waals surface area contributed by atoms with E-state index in [1.807, 2.05) is 25.1 Å². The molecule has 0 amide bonds. The maximum absolute atomic E-state index is 11.8. The molecule has 1 aromatic heterocycles. The number of aromatic amines is 1. The number of esters is 1. The van der Waals surface area contributed by atoms with Gasteiger partial charge in [0.2, 0.25) is 0 Å². The van der Waals surface area contributed by atoms with Gasteiger partial charge in [-0.25, -0.2) is 0 Å². The Balaban J connectivity index is 1.88. The Hall–Kier alpha value is -1.53. The molecule has 2 aromatic rings. The van der Waals surface area contributed by atoms with Crippen LogP contribution in [-0.4, -0.2) is 22.8 Å². The second kappa shape index (κ2) is 6.71. The topological polar surface area (TPSA) is 59.2 Å². The first-order chi connectivity index (χ1) is 10.7. The van der Waals surface area contributed by atoms with E-state index in [-0.39, 0.29) is 22.0 Å². The summed E-state index contributed by atoms with van der Waals surface area (Å²) in [6.07, 6.45) is 1.22. The highest BCUT2D eigenvalue weighted by Crippen LogP contribution is 2.46. The maximum Gasteiger partial charge on any atom is 0.306 e. The SMILES string of the molecule is CCOC(=O)C[C@H]1C[C@@H](c2ccccc2)c2sc(=O)[nH]c2S1. The molecule has 22 heavy (non-hydrogen) atoms. The molecule has 1 aliphatic rings. The van der Waals surface area contributed by atoms with Gasteiger partial charge in [-0.15, -0.1) is 11.8 Å². The first-order valence-electron chi connectivity index (χ1n) is 7.27. The number of benzene rings is 1. The third-order valence-electron chi connectivity index (χ3n) is 3.64. The van der Waals surface area contributed by atoms with Crippen LogP contribution in [0, 0.1) is 0 Å². The summed E-state index contributed by atoms with van der Waals surface area (Å²) in [5.41, 5.74) is 1.19. The molecule has 0 saturated carbocycles. The highest BCUT2D eigenvalue weighted by Gasteiger charge is 2.32. The summed E-state index contributed by atoms with van der Waals surface area (Å²) in [5.74, 6) is -0.00587. The van der Waals surface area contributed by atoms with E-state index in [0.29, 0.717) is 13.0 Å². The summed E-state index contributed by atoms with van der Waals surface area (Å²) in [6, 6.07) is 10.2. The van der Waals surface area contributed by atoms with Crippen molar-refractivity contribution < 1.29 is 9.53 Å². The number of fused-ring (bicyclic) bond motifs is 1. The van der Waals surface area contributed by atoms with Gasteiger partial charge >= 0.3 is 10.8 Å². The number of rotatable bonds is 4. The molecule has 4 nitrogen and oxygen atoms in total. The smallest absolute Gasteiger partial charge is 0.306 e. The van der Waals surface area contributed by atoms with Crippen molar-refractivity contribution in [2.24, 2.45) is 0 Å². The van der Waals surface area contributed by atoms with Crippen molar-refractivity contribution in [3.63, 3.8) is 0 Å². The van der Waals surface area contributed by atoms with Gasteiger partial charge in [0.15, 0.2) is 0 Å². The monoisotopic (exact) mass is 335 g/mol. The van der Waals surface area contributed by atoms with Gasteiger partial charge in [0.1, 0.15) is 0 Å². The quantitative estimate of drug-likeness (QED) is 0.870. The van der Waals surface area contributed by atoms with E-state index in [1.54, 1.807) is 11.8 Å². The normalized spacial score (nSPS) is 20.4. The largest absolute Gasteiger partial charge is 0.466 e. The number of hydrogen-bond donors (Lipinski definition) is 1. The predicted octanol–water partition coefficient (Wildman–Crippen LogP) is 3.39. The zero-order chi connectivity index (χ0) is 15.5. The Morgan fingerprint density at radius 3 is 2.86 bits per heavy atom. The van der Waals surface area contributed by atoms with Crippen molar-refractivity contribution in [1.82, 2.24) is 4.98 Å². The molecule has 0 fully saturated rings. The van der Waals surface area contributed by atoms with E-state index in [0.717, 1.165) is 16.3 Å². The molecule has 0 radical (unpaired) electrons. The molecule has 116 valence electrons. The summed E-state index contributed by atoms with van der Waals surface area (Å²) >= 11 is 2.86. The van der Waals surface area contributed by atoms with Gasteiger partial charge < -0.3 is 9.72 Å². The van der Waals surface area contributed by atoms with Gasteiger partial charge in [0.05, 0.1) is 18.1 Å². The fourth-order valence-corrected chi connectivity index (χ4v) is 5.19. The zero-order valence-corrected chi connectivity index (χ0v) is 13.8. The molecule has 0 spiro atoms. The van der Waals surface area contributed by atoms with Crippen LogP contribution in [-0.2, 0) is 9.53 Å². The number of carbonyl (C=O) groups excluding carboxylic acids is 1. The Bertz CT molecular complexity index is 708. The number of thiazole rings is 1. The number of ether oxygens (including phenoxy) is 1. The molecule has 0 saturated heterocycles. The van der Waals surface area contributed by atoms with Crippen molar-refractivity contribution in [2.75, 3.05) is 6.61 Å². The van der Waals surface area contributed by atoms with Crippen LogP contribution in [0.5, 0.6) is 0 Å². The Morgan fingerprint density at radius 1 is 1.36 bits per heavy atom. The van der Waals surface area contributed by atoms with E-state index in [4.69, 9.17) is 4.74 Å². The lowest BCUT2D eigenvalue weighted by molar-refractivity contribution is -0.143. The second-order valence-corrected chi connectivity index (χ2v) is 7.48. The van der Waals surface area contributed by atoms with Crippen LogP contribution < -0.4 is 4.87 Å². The Kier molecular flexibility index (Phi) is 4.69. The van der Waals surface area contributed by atoms with Crippen molar-refractivity contribution in [3.05, 3.63) is 50.4 Å². The Labute approximate surface area is 136 Å². The van der Waals surface area contributed by atoms with Gasteiger partial charge in [0.25, 0.3) is 0 Å². The highest BCUT2D eigenvalue weighted by molar-refractivity contribution is 8.00. The fraction of sp³-hybridized carbons (Fsp3) is 0.375. The lowest BCUT2D eigenvalue weighted by Crippen LogP contribution is -2.20. The molecule has 3 rings (SSSR count). The highest BCUT2D eigenvalue weighted by atomic mass is 32.2. The number of nitrogens with one attached hydrogen (secondary N) is 1. The minimum absolute atomic E-state index is 0.0322. The third kappa shape index (κ3) is 3.28. The molecular formula is C16H17NO3S2. The van der Waals surface area contributed by atoms with E-state index in [9.17, 15) is 9.59 Å². The number of carbonyl (C=O) groups is 1. The molecule has 1 N–H and O–H groups in total. The van der Waals surface area contributed by atoms with E-state index in [2.05, 4.69) is 17.1 Å². The van der Waals surface area contributed by atoms with Crippen LogP contribution in [0.1, 0.15) is 36.1 Å². The Morgan fingerprint density at radius 2 is 2.14 bits per heavy atom. The van der Waals surface area contributed by atoms with Crippen LogP contribution >= 0.6 is 23.1 Å². The lowest BCUT2D eigenvalue weighted by atomic mass is 9.92. The molecule has 2 atom stereocenters. The third-order valence-corrected chi connectivity index (χ3v) is 6.02. The summed E-state index contributed by atoms with van der Waals surface area (Å²) in [7, 11) is 0. The maximum atomic E-state index is 11.8. The van der Waals surface area contributed by atoms with Gasteiger partial charge in [-0.3, -0.25) is 9.59 Å². The number of aromatic nitrogens is 1. The van der Waals surface area contributed by atoms with Crippen LogP contribution in [0.15, 0.2) is 40.2 Å². The first-order valence-corrected chi connectivity index (χ1v) is 8.97. The van der Waals surface area contributed by atoms with Crippen molar-refractivity contribution in [3.8, 4) is 0 Å². The molecule has 0 unspecified atom stereocenters. The van der Waals surface area contributed by atoms with E-state index < -0.39 is 0 Å². The molecule has 1 aromatic carbocycles. The van der Waals surface area contributed by atoms with Gasteiger partial charge in [-0.05, 0) is 18.9 Å². The van der Waals surface area contributed by atoms with Gasteiger partial charge in [0, 0.05) is 16.0 Å². The summed E-state index contributed by atoms with van der Waals surface area (Å²) < 4.78 is 5.06. The molecule has 6 heteroatoms. The van der Waals surface area contributed by atoms with Crippen molar-refractivity contribution >= 4 is 29.1 Å². The van der Waals surface area contributed by atoms with Crippen LogP contribution in [0.4, 0.5) is 0 Å². The molecule has 1 aliphatic heterocycles. The summed E-state index contributed by atoms with van der Waals surface area (Å²) in [6.45, 7) is 2.21. The molecular weight excluding hydrogens is 318 g/mol. The average Bonchev–Trinajstić information content (AvgIpc) is 2.87. The average molecular weight is 335 g/mol. The van der Waals surface area contributed by atoms with E-state index in [1.165, 1.54) is 16.9 Å². The summed E-state index contributed by atoms with van der Waals surface area (Å²) in [5, 5.41) is 1.03. The molecule has 0 bridgehead atoms. The summed E-state index contributed by atoms with van der Waals surface area (Å²) in [4.78, 5) is 27.4. The van der Waals surface area contributed by atoms with E-state index >= 15 is 0 Å². The molecule has 0 aliphatic carbocycles. The van der Waals surface area contributed by atoms with Gasteiger partial charge in [-0.2, -0.15) is 0 Å². The minimum atomic E-state index is -0.173. The number of thioether (sulfide) groups is 1. The lowest BCUT2D eigenvalue weighted by Gasteiger charge is -2.28. The van der Waals surface area contributed by atoms with Gasteiger partial charge in [-0.1, -0.05) is 41.7 Å².